The van der Waals surface area contributed by atoms with Crippen molar-refractivity contribution in [3.63, 3.8) is 0 Å². The van der Waals surface area contributed by atoms with Crippen LogP contribution in [0.2, 0.25) is 0 Å². The van der Waals surface area contributed by atoms with Crippen molar-refractivity contribution >= 4 is 24.1 Å². The lowest BCUT2D eigenvalue weighted by molar-refractivity contribution is -0.129. The first-order chi connectivity index (χ1) is 11.2. The number of carbonyl (C=O) groups is 2. The second-order valence-electron chi connectivity index (χ2n) is 5.03. The predicted octanol–water partition coefficient (Wildman–Crippen LogP) is 2.65. The zero-order chi connectivity index (χ0) is 16.8. The van der Waals surface area contributed by atoms with Gasteiger partial charge in [0.15, 0.2) is 0 Å². The zero-order valence-electron chi connectivity index (χ0n) is 13.1. The van der Waals surface area contributed by atoms with Crippen molar-refractivity contribution in [2.24, 2.45) is 5.10 Å². The largest absolute Gasteiger partial charge is 0.289 e. The van der Waals surface area contributed by atoms with E-state index in [0.29, 0.717) is 19.3 Å². The van der Waals surface area contributed by atoms with Gasteiger partial charge in [-0.2, -0.15) is 5.10 Å². The van der Waals surface area contributed by atoms with Gasteiger partial charge in [-0.1, -0.05) is 49.2 Å². The number of nitrogens with zero attached hydrogens (tertiary/aromatic N) is 1. The molecule has 0 aliphatic heterocycles. The molecule has 1 aromatic carbocycles. The smallest absolute Gasteiger partial charge is 0.243 e. The van der Waals surface area contributed by atoms with Gasteiger partial charge in [0, 0.05) is 19.1 Å². The van der Waals surface area contributed by atoms with Crippen LogP contribution in [0.4, 0.5) is 0 Å². The van der Waals surface area contributed by atoms with E-state index < -0.39 is 0 Å². The molecule has 0 aliphatic carbocycles. The number of hydrazone groups is 1. The van der Waals surface area contributed by atoms with Gasteiger partial charge in [-0.3, -0.25) is 14.8 Å². The van der Waals surface area contributed by atoms with Crippen LogP contribution in [-0.4, -0.2) is 23.2 Å². The van der Waals surface area contributed by atoms with Crippen molar-refractivity contribution in [3.05, 3.63) is 42.0 Å². The second-order valence-corrected chi connectivity index (χ2v) is 5.03. The average molecular weight is 317 g/mol. The van der Waals surface area contributed by atoms with Gasteiger partial charge in [-0.25, -0.2) is 10.9 Å². The van der Waals surface area contributed by atoms with E-state index in [1.165, 1.54) is 0 Å². The number of allylic oxidation sites excluding steroid dienone is 1. The number of carbonyl (C=O) groups excluding carboxylic acids is 2. The van der Waals surface area contributed by atoms with E-state index in [-0.39, 0.29) is 11.8 Å². The minimum absolute atomic E-state index is 0.123. The Kier molecular flexibility index (Phi) is 9.78. The topological polar surface area (TPSA) is 90.8 Å². The quantitative estimate of drug-likeness (QED) is 0.268. The molecule has 1 rings (SSSR count). The second kappa shape index (κ2) is 12.1. The molecule has 1 aromatic rings. The van der Waals surface area contributed by atoms with E-state index in [1.807, 2.05) is 36.4 Å². The molecule has 124 valence electrons. The van der Waals surface area contributed by atoms with E-state index >= 15 is 0 Å². The Morgan fingerprint density at radius 3 is 2.30 bits per heavy atom. The van der Waals surface area contributed by atoms with Crippen LogP contribution in [0.15, 0.2) is 41.5 Å². The van der Waals surface area contributed by atoms with Crippen LogP contribution in [0.3, 0.4) is 0 Å². The van der Waals surface area contributed by atoms with Crippen molar-refractivity contribution in [2.45, 2.75) is 38.5 Å². The maximum absolute atomic E-state index is 11.5. The van der Waals surface area contributed by atoms with Gasteiger partial charge < -0.3 is 0 Å². The molecular weight excluding hydrogens is 294 g/mol. The molecule has 6 heteroatoms. The Morgan fingerprint density at radius 2 is 1.65 bits per heavy atom. The molecule has 0 unspecified atom stereocenters. The van der Waals surface area contributed by atoms with Crippen molar-refractivity contribution < 1.29 is 14.8 Å². The third-order valence-corrected chi connectivity index (χ3v) is 3.12. The summed E-state index contributed by atoms with van der Waals surface area (Å²) in [5, 5.41) is 12.2. The lowest BCUT2D eigenvalue weighted by Gasteiger charge is -2.00. The Hall–Kier alpha value is -2.47. The zero-order valence-corrected chi connectivity index (χ0v) is 13.1. The lowest BCUT2D eigenvalue weighted by Crippen LogP contribution is -2.18. The fourth-order valence-electron chi connectivity index (χ4n) is 1.91. The number of hydrogen-bond donors (Lipinski definition) is 3. The summed E-state index contributed by atoms with van der Waals surface area (Å²) in [7, 11) is 0. The van der Waals surface area contributed by atoms with Gasteiger partial charge in [0.25, 0.3) is 0 Å². The highest BCUT2D eigenvalue weighted by molar-refractivity contribution is 5.81. The van der Waals surface area contributed by atoms with Gasteiger partial charge in [-0.05, 0) is 24.5 Å². The Balaban J connectivity index is 2.05. The van der Waals surface area contributed by atoms with Gasteiger partial charge in [0.05, 0.1) is 0 Å². The maximum Gasteiger partial charge on any atom is 0.243 e. The average Bonchev–Trinajstić information content (AvgIpc) is 2.58. The number of benzene rings is 1. The number of amides is 2. The van der Waals surface area contributed by atoms with Crippen LogP contribution in [0.25, 0.3) is 6.08 Å². The van der Waals surface area contributed by atoms with Gasteiger partial charge >= 0.3 is 0 Å². The van der Waals surface area contributed by atoms with Gasteiger partial charge in [-0.15, -0.1) is 0 Å². The molecule has 0 aromatic heterocycles. The third kappa shape index (κ3) is 9.97. The summed E-state index contributed by atoms with van der Waals surface area (Å²) >= 11 is 0. The number of rotatable bonds is 10. The first-order valence-corrected chi connectivity index (χ1v) is 7.69. The summed E-state index contributed by atoms with van der Waals surface area (Å²) in [6, 6.07) is 9.82. The van der Waals surface area contributed by atoms with Crippen molar-refractivity contribution in [1.82, 2.24) is 10.9 Å². The van der Waals surface area contributed by atoms with E-state index in [0.717, 1.165) is 24.8 Å². The van der Waals surface area contributed by atoms with E-state index in [1.54, 1.807) is 17.8 Å². The van der Waals surface area contributed by atoms with Crippen LogP contribution in [0, 0.1) is 0 Å². The van der Waals surface area contributed by atoms with Crippen molar-refractivity contribution in [1.29, 1.82) is 0 Å². The normalized spacial score (nSPS) is 11.0. The standard InChI is InChI=1S/C17H23N3O3/c21-16(12-6-1-2-7-13-17(22)20-23)19-18-14-8-11-15-9-4-3-5-10-15/h3-5,8-11,14,23H,1-2,6-7,12-13H2,(H,19,21)(H,20,22)/b11-8+,18-14+. The van der Waals surface area contributed by atoms with Crippen molar-refractivity contribution in [3.8, 4) is 0 Å². The van der Waals surface area contributed by atoms with Crippen LogP contribution in [-0.2, 0) is 9.59 Å². The lowest BCUT2D eigenvalue weighted by atomic mass is 10.1. The van der Waals surface area contributed by atoms with Gasteiger partial charge in [0.2, 0.25) is 11.8 Å². The Morgan fingerprint density at radius 1 is 1.00 bits per heavy atom. The van der Waals surface area contributed by atoms with Crippen LogP contribution in [0.1, 0.15) is 44.1 Å². The molecule has 0 saturated carbocycles. The highest BCUT2D eigenvalue weighted by atomic mass is 16.5. The molecule has 0 bridgehead atoms. The number of unbranched alkanes of at least 4 members (excludes halogenated alkanes) is 3. The molecule has 3 N–H and O–H groups in total. The molecule has 0 saturated heterocycles. The molecule has 23 heavy (non-hydrogen) atoms. The number of hydroxylamine groups is 1. The van der Waals surface area contributed by atoms with E-state index in [4.69, 9.17) is 5.21 Å². The van der Waals surface area contributed by atoms with Crippen LogP contribution >= 0.6 is 0 Å². The molecule has 2 amide bonds. The summed E-state index contributed by atoms with van der Waals surface area (Å²) in [6.45, 7) is 0. The summed E-state index contributed by atoms with van der Waals surface area (Å²) in [4.78, 5) is 22.3. The van der Waals surface area contributed by atoms with Crippen molar-refractivity contribution in [2.75, 3.05) is 0 Å². The van der Waals surface area contributed by atoms with Gasteiger partial charge in [0.1, 0.15) is 0 Å². The minimum Gasteiger partial charge on any atom is -0.289 e. The summed E-state index contributed by atoms with van der Waals surface area (Å²) in [6.07, 6.45) is 9.09. The number of nitrogens with one attached hydrogen (secondary N) is 2. The summed E-state index contributed by atoms with van der Waals surface area (Å²) in [5.74, 6) is -0.497. The molecule has 0 aliphatic rings. The highest BCUT2D eigenvalue weighted by Gasteiger charge is 2.01. The number of hydrogen-bond acceptors (Lipinski definition) is 4. The SMILES string of the molecule is O=C(CCCCCCC(=O)N/N=C/C=C/c1ccccc1)NO. The van der Waals surface area contributed by atoms with Crippen LogP contribution in [0.5, 0.6) is 0 Å². The highest BCUT2D eigenvalue weighted by Crippen LogP contribution is 2.05. The molecule has 0 atom stereocenters. The first kappa shape index (κ1) is 18.6. The monoisotopic (exact) mass is 317 g/mol. The maximum atomic E-state index is 11.5. The summed E-state index contributed by atoms with van der Waals surface area (Å²) in [5.41, 5.74) is 5.13. The molecule has 0 spiro atoms. The Bertz CT molecular complexity index is 527. The predicted molar refractivity (Wildman–Crippen MR) is 89.7 cm³/mol. The fourth-order valence-corrected chi connectivity index (χ4v) is 1.91. The molecule has 0 fully saturated rings. The van der Waals surface area contributed by atoms with Crippen LogP contribution < -0.4 is 10.9 Å². The Labute approximate surface area is 136 Å². The molecule has 6 nitrogen and oxygen atoms in total. The molecular formula is C17H23N3O3. The molecule has 0 radical (unpaired) electrons. The molecule has 0 heterocycles. The van der Waals surface area contributed by atoms with E-state index in [2.05, 4.69) is 10.5 Å². The third-order valence-electron chi connectivity index (χ3n) is 3.12. The van der Waals surface area contributed by atoms with E-state index in [9.17, 15) is 9.59 Å². The first-order valence-electron chi connectivity index (χ1n) is 7.69. The summed E-state index contributed by atoms with van der Waals surface area (Å²) < 4.78 is 0. The minimum atomic E-state index is -0.374. The fraction of sp³-hybridized carbons (Fsp3) is 0.353.